The number of carbonyl (C=O) groups is 1. The Morgan fingerprint density at radius 3 is 2.71 bits per heavy atom. The Hall–Kier alpha value is -1.30. The maximum Gasteiger partial charge on any atom is 0.328 e. The number of aliphatic imine (C=N–C) groups is 1. The topological polar surface area (TPSA) is 111 Å². The number of amidine groups is 1. The van der Waals surface area contributed by atoms with Gasteiger partial charge < -0.3 is 21.3 Å². The number of nitrogens with two attached hydrogens (primary N) is 2. The van der Waals surface area contributed by atoms with Crippen LogP contribution in [-0.4, -0.2) is 36.3 Å². The third-order valence-corrected chi connectivity index (χ3v) is 1.54. The fourth-order valence-electron chi connectivity index (χ4n) is 0.893. The van der Waals surface area contributed by atoms with Crippen LogP contribution in [0, 0.1) is 0 Å². The highest BCUT2D eigenvalue weighted by Gasteiger charge is 2.16. The summed E-state index contributed by atoms with van der Waals surface area (Å²) in [5.74, 6) is -1.01. The molecular formula is C8H17N3O3. The molecule has 0 aliphatic heterocycles. The summed E-state index contributed by atoms with van der Waals surface area (Å²) in [6.07, 6.45) is 0.972. The van der Waals surface area contributed by atoms with E-state index in [-0.39, 0.29) is 6.02 Å². The van der Waals surface area contributed by atoms with E-state index in [9.17, 15) is 4.79 Å². The first-order chi connectivity index (χ1) is 6.61. The monoisotopic (exact) mass is 203 g/mol. The van der Waals surface area contributed by atoms with Gasteiger partial charge in [0.2, 0.25) is 0 Å². The third-order valence-electron chi connectivity index (χ3n) is 1.54. The second kappa shape index (κ2) is 7.14. The molecule has 0 aromatic rings. The molecule has 0 unspecified atom stereocenters. The smallest absolute Gasteiger partial charge is 0.328 e. The summed E-state index contributed by atoms with van der Waals surface area (Å²) in [6, 6.07) is -0.943. The fraction of sp³-hybridized carbons (Fsp3) is 0.750. The van der Waals surface area contributed by atoms with Gasteiger partial charge in [0.15, 0.2) is 6.04 Å². The van der Waals surface area contributed by atoms with Gasteiger partial charge in [0, 0.05) is 0 Å². The lowest BCUT2D eigenvalue weighted by Gasteiger charge is -2.08. The van der Waals surface area contributed by atoms with E-state index in [4.69, 9.17) is 21.3 Å². The Morgan fingerprint density at radius 2 is 2.29 bits per heavy atom. The zero-order valence-corrected chi connectivity index (χ0v) is 8.27. The van der Waals surface area contributed by atoms with E-state index in [1.807, 2.05) is 0 Å². The number of rotatable bonds is 6. The zero-order chi connectivity index (χ0) is 11.0. The third kappa shape index (κ3) is 5.36. The molecule has 5 N–H and O–H groups in total. The number of hydrogen-bond donors (Lipinski definition) is 3. The molecule has 0 radical (unpaired) electrons. The number of ether oxygens (including phenoxy) is 1. The summed E-state index contributed by atoms with van der Waals surface area (Å²) >= 11 is 0. The molecule has 14 heavy (non-hydrogen) atoms. The minimum absolute atomic E-state index is 0.0862. The van der Waals surface area contributed by atoms with E-state index >= 15 is 0 Å². The summed E-state index contributed by atoms with van der Waals surface area (Å²) in [6.45, 7) is 2.56. The summed E-state index contributed by atoms with van der Waals surface area (Å²) < 4.78 is 4.84. The highest BCUT2D eigenvalue weighted by molar-refractivity contribution is 5.79. The Morgan fingerprint density at radius 1 is 1.64 bits per heavy atom. The summed E-state index contributed by atoms with van der Waals surface area (Å²) in [4.78, 5) is 14.4. The number of aliphatic carboxylic acids is 1. The number of hydrogen-bond acceptors (Lipinski definition) is 4. The van der Waals surface area contributed by atoms with Gasteiger partial charge in [0.25, 0.3) is 6.02 Å². The maximum absolute atomic E-state index is 10.7. The highest BCUT2D eigenvalue weighted by Crippen LogP contribution is 2.01. The molecule has 0 saturated heterocycles. The van der Waals surface area contributed by atoms with Crippen molar-refractivity contribution >= 4 is 12.0 Å². The van der Waals surface area contributed by atoms with Crippen molar-refractivity contribution in [3.05, 3.63) is 0 Å². The van der Waals surface area contributed by atoms with Gasteiger partial charge in [-0.15, -0.1) is 0 Å². The van der Waals surface area contributed by atoms with Crippen molar-refractivity contribution in [2.45, 2.75) is 25.8 Å². The molecular weight excluding hydrogens is 186 g/mol. The first-order valence-corrected chi connectivity index (χ1v) is 4.50. The molecule has 6 nitrogen and oxygen atoms in total. The average molecular weight is 203 g/mol. The van der Waals surface area contributed by atoms with Gasteiger partial charge in [-0.2, -0.15) is 0 Å². The van der Waals surface area contributed by atoms with Crippen LogP contribution in [-0.2, 0) is 9.53 Å². The first kappa shape index (κ1) is 12.7. The molecule has 0 bridgehead atoms. The summed E-state index contributed by atoms with van der Waals surface area (Å²) in [7, 11) is 0. The van der Waals surface area contributed by atoms with Gasteiger partial charge >= 0.3 is 5.97 Å². The van der Waals surface area contributed by atoms with E-state index < -0.39 is 12.0 Å². The lowest BCUT2D eigenvalue weighted by Crippen LogP contribution is -2.25. The molecule has 6 heteroatoms. The molecule has 0 amide bonds. The standard InChI is InChI=1S/C8H17N3O3/c1-2-14-8(10)11-6(7(12)13)4-3-5-9/h6H,2-5,9H2,1H3,(H2,10,11)(H,12,13)/t6-/m0/s1. The van der Waals surface area contributed by atoms with Crippen molar-refractivity contribution in [2.24, 2.45) is 16.5 Å². The van der Waals surface area contributed by atoms with Crippen LogP contribution in [0.5, 0.6) is 0 Å². The molecule has 1 atom stereocenters. The minimum atomic E-state index is -1.01. The Kier molecular flexibility index (Phi) is 6.47. The second-order valence-electron chi connectivity index (χ2n) is 2.69. The Balaban J connectivity index is 4.20. The van der Waals surface area contributed by atoms with Gasteiger partial charge in [-0.05, 0) is 26.3 Å². The van der Waals surface area contributed by atoms with Crippen molar-refractivity contribution in [2.75, 3.05) is 13.2 Å². The van der Waals surface area contributed by atoms with Crippen LogP contribution < -0.4 is 11.5 Å². The lowest BCUT2D eigenvalue weighted by molar-refractivity contribution is -0.138. The molecule has 0 rings (SSSR count). The van der Waals surface area contributed by atoms with Crippen molar-refractivity contribution in [1.82, 2.24) is 0 Å². The largest absolute Gasteiger partial charge is 0.480 e. The fourth-order valence-corrected chi connectivity index (χ4v) is 0.893. The molecule has 82 valence electrons. The van der Waals surface area contributed by atoms with E-state index in [1.54, 1.807) is 6.92 Å². The number of nitrogens with zero attached hydrogens (tertiary/aromatic N) is 1. The maximum atomic E-state index is 10.7. The first-order valence-electron chi connectivity index (χ1n) is 4.50. The zero-order valence-electron chi connectivity index (χ0n) is 8.27. The highest BCUT2D eigenvalue weighted by atomic mass is 16.5. The van der Waals surface area contributed by atoms with Gasteiger partial charge in [-0.25, -0.2) is 9.79 Å². The summed E-state index contributed by atoms with van der Waals surface area (Å²) in [5, 5.41) is 8.76. The molecule has 0 saturated carbocycles. The Labute approximate surface area is 82.9 Å². The lowest BCUT2D eigenvalue weighted by atomic mass is 10.2. The number of carboxylic acid groups (broad SMARTS) is 1. The van der Waals surface area contributed by atoms with Crippen LogP contribution >= 0.6 is 0 Å². The van der Waals surface area contributed by atoms with Crippen LogP contribution in [0.1, 0.15) is 19.8 Å². The van der Waals surface area contributed by atoms with E-state index in [1.165, 1.54) is 0 Å². The van der Waals surface area contributed by atoms with Crippen LogP contribution in [0.2, 0.25) is 0 Å². The molecule has 0 fully saturated rings. The predicted molar refractivity (Wildman–Crippen MR) is 53.0 cm³/mol. The van der Waals surface area contributed by atoms with Gasteiger partial charge in [-0.1, -0.05) is 0 Å². The molecule has 0 aromatic carbocycles. The van der Waals surface area contributed by atoms with Crippen molar-refractivity contribution in [1.29, 1.82) is 0 Å². The second-order valence-corrected chi connectivity index (χ2v) is 2.69. The van der Waals surface area contributed by atoms with Gasteiger partial charge in [-0.3, -0.25) is 0 Å². The van der Waals surface area contributed by atoms with Crippen molar-refractivity contribution < 1.29 is 14.6 Å². The van der Waals surface area contributed by atoms with Gasteiger partial charge in [0.1, 0.15) is 0 Å². The number of carboxylic acids is 1. The van der Waals surface area contributed by atoms with Crippen molar-refractivity contribution in [3.8, 4) is 0 Å². The molecule has 0 spiro atoms. The van der Waals surface area contributed by atoms with Crippen LogP contribution in [0.25, 0.3) is 0 Å². The van der Waals surface area contributed by atoms with Crippen LogP contribution in [0.3, 0.4) is 0 Å². The van der Waals surface area contributed by atoms with Crippen molar-refractivity contribution in [3.63, 3.8) is 0 Å². The van der Waals surface area contributed by atoms with Crippen LogP contribution in [0.15, 0.2) is 4.99 Å². The normalized spacial score (nSPS) is 13.7. The average Bonchev–Trinajstić information content (AvgIpc) is 2.12. The molecule has 0 heterocycles. The van der Waals surface area contributed by atoms with Gasteiger partial charge in [0.05, 0.1) is 6.61 Å². The van der Waals surface area contributed by atoms with E-state index in [0.717, 1.165) is 0 Å². The summed E-state index contributed by atoms with van der Waals surface area (Å²) in [5.41, 5.74) is 10.6. The Bertz CT molecular complexity index is 206. The van der Waals surface area contributed by atoms with E-state index in [2.05, 4.69) is 4.99 Å². The molecule has 0 aliphatic rings. The predicted octanol–water partition coefficient (Wildman–Crippen LogP) is -0.470. The SMILES string of the molecule is CCOC(N)=N[C@@H](CCCN)C(=O)O. The molecule has 0 aromatic heterocycles. The minimum Gasteiger partial charge on any atom is -0.480 e. The quantitative estimate of drug-likeness (QED) is 0.399. The van der Waals surface area contributed by atoms with Crippen LogP contribution in [0.4, 0.5) is 0 Å². The van der Waals surface area contributed by atoms with E-state index in [0.29, 0.717) is 26.0 Å². The molecule has 0 aliphatic carbocycles.